The minimum atomic E-state index is -4.38. The predicted molar refractivity (Wildman–Crippen MR) is 79.4 cm³/mol. The van der Waals surface area contributed by atoms with Crippen LogP contribution in [0.4, 0.5) is 13.6 Å². The second-order valence-electron chi connectivity index (χ2n) is 5.73. The van der Waals surface area contributed by atoms with Crippen LogP contribution in [0.5, 0.6) is 0 Å². The van der Waals surface area contributed by atoms with E-state index in [1.807, 2.05) is 0 Å². The molecule has 0 aliphatic heterocycles. The molecule has 0 unspecified atom stereocenters. The third kappa shape index (κ3) is 3.78. The lowest BCUT2D eigenvalue weighted by Crippen LogP contribution is -2.28. The van der Waals surface area contributed by atoms with Gasteiger partial charge < -0.3 is 4.74 Å². The molecule has 0 saturated heterocycles. The molecule has 0 saturated carbocycles. The Kier molecular flexibility index (Phi) is 4.38. The summed E-state index contributed by atoms with van der Waals surface area (Å²) < 4.78 is 55.0. The Hall–Kier alpha value is -1.74. The molecule has 1 aromatic heterocycles. The van der Waals surface area contributed by atoms with Crippen LogP contribution < -0.4 is 0 Å². The van der Waals surface area contributed by atoms with Gasteiger partial charge in [0.25, 0.3) is 15.5 Å². The van der Waals surface area contributed by atoms with Gasteiger partial charge in [-0.3, -0.25) is 0 Å². The van der Waals surface area contributed by atoms with Crippen LogP contribution in [-0.2, 0) is 13.8 Å². The summed E-state index contributed by atoms with van der Waals surface area (Å²) in [5, 5.41) is 3.76. The summed E-state index contributed by atoms with van der Waals surface area (Å²) in [5.41, 5.74) is -1.60. The van der Waals surface area contributed by atoms with Crippen molar-refractivity contribution in [2.45, 2.75) is 37.7 Å². The van der Waals surface area contributed by atoms with E-state index in [1.165, 1.54) is 0 Å². The van der Waals surface area contributed by atoms with E-state index in [-0.39, 0.29) is 10.9 Å². The molecule has 6 nitrogen and oxygen atoms in total. The summed E-state index contributed by atoms with van der Waals surface area (Å²) in [7, 11) is 0.930. The fourth-order valence-electron chi connectivity index (χ4n) is 1.91. The largest absolute Gasteiger partial charge is 0.442 e. The van der Waals surface area contributed by atoms with Crippen molar-refractivity contribution >= 4 is 36.7 Å². The highest BCUT2D eigenvalue weighted by molar-refractivity contribution is 8.14. The van der Waals surface area contributed by atoms with Crippen LogP contribution in [0.2, 0.25) is 0 Å². The molecule has 0 aliphatic carbocycles. The standard InChI is InChI=1S/C13H13ClF2N2O4S/c1-13(2,3)22-12(19)18-10-8(6-17-18)4-7(11(15)16)5-9(10)23(14,20)21/h4-6,11H,1-3H3. The highest BCUT2D eigenvalue weighted by Crippen LogP contribution is 2.32. The minimum Gasteiger partial charge on any atom is -0.442 e. The van der Waals surface area contributed by atoms with Crippen LogP contribution >= 0.6 is 10.7 Å². The first kappa shape index (κ1) is 17.6. The van der Waals surface area contributed by atoms with E-state index in [9.17, 15) is 22.0 Å². The fourth-order valence-corrected chi connectivity index (χ4v) is 2.97. The number of alkyl halides is 2. The molecule has 126 valence electrons. The number of hydrogen-bond acceptors (Lipinski definition) is 5. The number of fused-ring (bicyclic) bond motifs is 1. The fraction of sp³-hybridized carbons (Fsp3) is 0.385. The molecule has 0 spiro atoms. The lowest BCUT2D eigenvalue weighted by molar-refractivity contribution is 0.0522. The van der Waals surface area contributed by atoms with E-state index >= 15 is 0 Å². The normalized spacial score (nSPS) is 12.8. The van der Waals surface area contributed by atoms with Gasteiger partial charge in [0.2, 0.25) is 0 Å². The van der Waals surface area contributed by atoms with Crippen molar-refractivity contribution in [3.05, 3.63) is 23.9 Å². The van der Waals surface area contributed by atoms with Gasteiger partial charge in [-0.05, 0) is 32.9 Å². The molecule has 0 bridgehead atoms. The molecule has 1 aromatic carbocycles. The average molecular weight is 367 g/mol. The van der Waals surface area contributed by atoms with Crippen LogP contribution in [-0.4, -0.2) is 29.9 Å². The zero-order chi connectivity index (χ0) is 17.6. The van der Waals surface area contributed by atoms with Crippen molar-refractivity contribution in [2.24, 2.45) is 0 Å². The quantitative estimate of drug-likeness (QED) is 0.757. The second kappa shape index (κ2) is 5.72. The van der Waals surface area contributed by atoms with Gasteiger partial charge in [-0.25, -0.2) is 22.0 Å². The van der Waals surface area contributed by atoms with Crippen molar-refractivity contribution in [1.29, 1.82) is 0 Å². The van der Waals surface area contributed by atoms with Crippen molar-refractivity contribution in [3.8, 4) is 0 Å². The van der Waals surface area contributed by atoms with E-state index < -0.39 is 37.6 Å². The predicted octanol–water partition coefficient (Wildman–Crippen LogP) is 3.68. The maximum Gasteiger partial charge on any atom is 0.435 e. The lowest BCUT2D eigenvalue weighted by Gasteiger charge is -2.19. The molecule has 0 amide bonds. The summed E-state index contributed by atoms with van der Waals surface area (Å²) in [6.07, 6.45) is -2.75. The van der Waals surface area contributed by atoms with E-state index in [4.69, 9.17) is 15.4 Å². The van der Waals surface area contributed by atoms with Crippen LogP contribution in [0.25, 0.3) is 10.9 Å². The maximum absolute atomic E-state index is 12.9. The smallest absolute Gasteiger partial charge is 0.435 e. The Morgan fingerprint density at radius 3 is 2.43 bits per heavy atom. The Morgan fingerprint density at radius 2 is 1.96 bits per heavy atom. The van der Waals surface area contributed by atoms with Gasteiger partial charge in [0.1, 0.15) is 16.0 Å². The third-order valence-corrected chi connectivity index (χ3v) is 4.07. The van der Waals surface area contributed by atoms with Crippen molar-refractivity contribution < 1.29 is 26.7 Å². The zero-order valence-corrected chi connectivity index (χ0v) is 14.0. The van der Waals surface area contributed by atoms with E-state index in [0.29, 0.717) is 4.68 Å². The molecular formula is C13H13ClF2N2O4S. The number of hydrogen-bond donors (Lipinski definition) is 0. The monoisotopic (exact) mass is 366 g/mol. The summed E-state index contributed by atoms with van der Waals surface area (Å²) in [4.78, 5) is 11.5. The molecule has 2 rings (SSSR count). The van der Waals surface area contributed by atoms with E-state index in [0.717, 1.165) is 18.3 Å². The Balaban J connectivity index is 2.73. The summed E-state index contributed by atoms with van der Waals surface area (Å²) in [6, 6.07) is 1.76. The molecule has 0 aliphatic rings. The number of aromatic nitrogens is 2. The molecule has 1 heterocycles. The second-order valence-corrected chi connectivity index (χ2v) is 8.27. The lowest BCUT2D eigenvalue weighted by atomic mass is 10.1. The van der Waals surface area contributed by atoms with Gasteiger partial charge in [-0.15, -0.1) is 0 Å². The van der Waals surface area contributed by atoms with Crippen molar-refractivity contribution in [3.63, 3.8) is 0 Å². The zero-order valence-electron chi connectivity index (χ0n) is 12.4. The Bertz CT molecular complexity index is 872. The topological polar surface area (TPSA) is 78.3 Å². The van der Waals surface area contributed by atoms with Gasteiger partial charge in [0, 0.05) is 21.6 Å². The molecule has 0 N–H and O–H groups in total. The number of halogens is 3. The summed E-state index contributed by atoms with van der Waals surface area (Å²) in [6.45, 7) is 4.85. The van der Waals surface area contributed by atoms with Gasteiger partial charge in [0.15, 0.2) is 0 Å². The van der Waals surface area contributed by atoms with Crippen LogP contribution in [0.15, 0.2) is 23.2 Å². The molecule has 2 aromatic rings. The maximum atomic E-state index is 12.9. The van der Waals surface area contributed by atoms with E-state index in [2.05, 4.69) is 5.10 Å². The highest BCUT2D eigenvalue weighted by Gasteiger charge is 2.26. The number of rotatable bonds is 2. The Morgan fingerprint density at radius 1 is 1.35 bits per heavy atom. The van der Waals surface area contributed by atoms with Gasteiger partial charge in [0.05, 0.1) is 6.20 Å². The first-order valence-electron chi connectivity index (χ1n) is 6.38. The van der Waals surface area contributed by atoms with Crippen LogP contribution in [0, 0.1) is 0 Å². The number of carbonyl (C=O) groups is 1. The summed E-state index contributed by atoms with van der Waals surface area (Å²) >= 11 is 0. The summed E-state index contributed by atoms with van der Waals surface area (Å²) in [5.74, 6) is 0. The molecule has 0 fully saturated rings. The average Bonchev–Trinajstić information content (AvgIpc) is 2.77. The number of carbonyl (C=O) groups excluding carboxylic acids is 1. The van der Waals surface area contributed by atoms with Gasteiger partial charge >= 0.3 is 6.09 Å². The third-order valence-electron chi connectivity index (χ3n) is 2.73. The number of benzene rings is 1. The van der Waals surface area contributed by atoms with Crippen molar-refractivity contribution in [1.82, 2.24) is 9.78 Å². The van der Waals surface area contributed by atoms with Crippen LogP contribution in [0.1, 0.15) is 32.8 Å². The van der Waals surface area contributed by atoms with Crippen LogP contribution in [0.3, 0.4) is 0 Å². The first-order chi connectivity index (χ1) is 10.4. The van der Waals surface area contributed by atoms with Gasteiger partial charge in [-0.2, -0.15) is 9.78 Å². The number of ether oxygens (including phenoxy) is 1. The van der Waals surface area contributed by atoms with Crippen molar-refractivity contribution in [2.75, 3.05) is 0 Å². The Labute approximate surface area is 135 Å². The molecule has 0 atom stereocenters. The number of nitrogens with zero attached hydrogens (tertiary/aromatic N) is 2. The molecule has 23 heavy (non-hydrogen) atoms. The minimum absolute atomic E-state index is 0.0351. The molecule has 0 radical (unpaired) electrons. The molecular weight excluding hydrogens is 354 g/mol. The molecule has 10 heteroatoms. The van der Waals surface area contributed by atoms with Gasteiger partial charge in [-0.1, -0.05) is 0 Å². The first-order valence-corrected chi connectivity index (χ1v) is 8.69. The SMILES string of the molecule is CC(C)(C)OC(=O)n1ncc2cc(C(F)F)cc(S(=O)(=O)Cl)c21. The van der Waals surface area contributed by atoms with E-state index in [1.54, 1.807) is 20.8 Å². The highest BCUT2D eigenvalue weighted by atomic mass is 35.7.